The van der Waals surface area contributed by atoms with Gasteiger partial charge in [0.05, 0.1) is 0 Å². The molecule has 102 valence electrons. The molecule has 0 bridgehead atoms. The maximum atomic E-state index is 5.87. The molecule has 1 aliphatic carbocycles. The molecule has 1 aromatic rings. The van der Waals surface area contributed by atoms with Crippen LogP contribution in [0.5, 0.6) is 0 Å². The number of hydrogen-bond donors (Lipinski definition) is 1. The predicted molar refractivity (Wildman–Crippen MR) is 80.0 cm³/mol. The molecule has 2 N–H and O–H groups in total. The third-order valence-corrected chi connectivity index (χ3v) is 5.37. The van der Waals surface area contributed by atoms with Gasteiger partial charge in [0.15, 0.2) is 0 Å². The number of nitrogens with two attached hydrogens (primary N) is 1. The van der Waals surface area contributed by atoms with E-state index in [0.29, 0.717) is 6.04 Å². The summed E-state index contributed by atoms with van der Waals surface area (Å²) in [5.74, 6) is 1.59. The normalized spacial score (nSPS) is 25.8. The zero-order chi connectivity index (χ0) is 13.0. The summed E-state index contributed by atoms with van der Waals surface area (Å²) < 4.78 is 0. The van der Waals surface area contributed by atoms with Crippen molar-refractivity contribution in [2.45, 2.75) is 38.6 Å². The zero-order valence-electron chi connectivity index (χ0n) is 11.6. The average molecular weight is 266 g/mol. The highest BCUT2D eigenvalue weighted by molar-refractivity contribution is 7.09. The first kappa shape index (κ1) is 14.0. The lowest BCUT2D eigenvalue weighted by Gasteiger charge is -2.29. The molecule has 0 aliphatic heterocycles. The number of hydrogen-bond acceptors (Lipinski definition) is 3. The first-order valence-corrected chi connectivity index (χ1v) is 8.01. The molecule has 1 fully saturated rings. The number of nitrogens with zero attached hydrogens (tertiary/aromatic N) is 1. The summed E-state index contributed by atoms with van der Waals surface area (Å²) in [7, 11) is 2.27. The fraction of sp³-hybridized carbons (Fsp3) is 0.733. The molecule has 3 unspecified atom stereocenters. The molecule has 0 radical (unpaired) electrons. The van der Waals surface area contributed by atoms with Crippen LogP contribution in [0.25, 0.3) is 0 Å². The van der Waals surface area contributed by atoms with Crippen LogP contribution in [-0.2, 0) is 6.42 Å². The Kier molecular flexibility index (Phi) is 5.22. The van der Waals surface area contributed by atoms with E-state index in [-0.39, 0.29) is 0 Å². The van der Waals surface area contributed by atoms with Gasteiger partial charge in [0.2, 0.25) is 0 Å². The van der Waals surface area contributed by atoms with Crippen LogP contribution in [0.2, 0.25) is 0 Å². The van der Waals surface area contributed by atoms with Crippen LogP contribution in [0.3, 0.4) is 0 Å². The molecule has 0 aromatic carbocycles. The Morgan fingerprint density at radius 2 is 2.22 bits per heavy atom. The van der Waals surface area contributed by atoms with Crippen LogP contribution in [-0.4, -0.2) is 31.1 Å². The fourth-order valence-electron chi connectivity index (χ4n) is 3.09. The van der Waals surface area contributed by atoms with Crippen molar-refractivity contribution in [2.24, 2.45) is 17.6 Å². The van der Waals surface area contributed by atoms with E-state index in [0.717, 1.165) is 18.4 Å². The van der Waals surface area contributed by atoms with Gasteiger partial charge in [-0.1, -0.05) is 12.5 Å². The molecule has 0 spiro atoms. The van der Waals surface area contributed by atoms with Crippen LogP contribution in [0.15, 0.2) is 17.5 Å². The molecule has 0 amide bonds. The molecule has 2 nitrogen and oxygen atoms in total. The van der Waals surface area contributed by atoms with Gasteiger partial charge in [-0.05, 0) is 63.1 Å². The van der Waals surface area contributed by atoms with Crippen LogP contribution in [0.4, 0.5) is 0 Å². The molecule has 0 saturated heterocycles. The standard InChI is InChI=1S/C15H26N2S/c1-12(9-15-7-4-8-18-15)17(2)11-14-6-3-5-13(14)10-16/h4,7-8,12-14H,3,5-6,9-11,16H2,1-2H3. The van der Waals surface area contributed by atoms with E-state index in [2.05, 4.69) is 36.4 Å². The number of likely N-dealkylation sites (N-methyl/N-ethyl adjacent to an activating group) is 1. The van der Waals surface area contributed by atoms with Crippen molar-refractivity contribution in [1.82, 2.24) is 4.90 Å². The first-order valence-electron chi connectivity index (χ1n) is 7.13. The van der Waals surface area contributed by atoms with Gasteiger partial charge in [0, 0.05) is 17.5 Å². The van der Waals surface area contributed by atoms with Gasteiger partial charge >= 0.3 is 0 Å². The van der Waals surface area contributed by atoms with Crippen molar-refractivity contribution in [3.05, 3.63) is 22.4 Å². The van der Waals surface area contributed by atoms with E-state index < -0.39 is 0 Å². The highest BCUT2D eigenvalue weighted by Crippen LogP contribution is 2.31. The summed E-state index contributed by atoms with van der Waals surface area (Å²) in [6, 6.07) is 5.02. The summed E-state index contributed by atoms with van der Waals surface area (Å²) in [6.45, 7) is 4.43. The second-order valence-corrected chi connectivity index (χ2v) is 6.79. The molecule has 1 heterocycles. The predicted octanol–water partition coefficient (Wildman–Crippen LogP) is 2.99. The lowest BCUT2D eigenvalue weighted by atomic mass is 9.95. The lowest BCUT2D eigenvalue weighted by molar-refractivity contribution is 0.196. The molecule has 1 aliphatic rings. The summed E-state index contributed by atoms with van der Waals surface area (Å²) in [6.07, 6.45) is 5.26. The Balaban J connectivity index is 1.81. The van der Waals surface area contributed by atoms with Crippen molar-refractivity contribution in [1.29, 1.82) is 0 Å². The molecular formula is C15H26N2S. The number of rotatable bonds is 6. The molecule has 3 heteroatoms. The maximum Gasteiger partial charge on any atom is 0.0112 e. The van der Waals surface area contributed by atoms with Crippen molar-refractivity contribution in [3.63, 3.8) is 0 Å². The lowest BCUT2D eigenvalue weighted by Crippen LogP contribution is -2.37. The summed E-state index contributed by atoms with van der Waals surface area (Å²) in [5, 5.41) is 2.17. The third-order valence-electron chi connectivity index (χ3n) is 4.47. The van der Waals surface area contributed by atoms with E-state index >= 15 is 0 Å². The van der Waals surface area contributed by atoms with Crippen LogP contribution in [0.1, 0.15) is 31.1 Å². The van der Waals surface area contributed by atoms with Gasteiger partial charge in [0.25, 0.3) is 0 Å². The minimum absolute atomic E-state index is 0.627. The van der Waals surface area contributed by atoms with E-state index in [9.17, 15) is 0 Å². The first-order chi connectivity index (χ1) is 8.70. The fourth-order valence-corrected chi connectivity index (χ4v) is 3.92. The largest absolute Gasteiger partial charge is 0.330 e. The molecule has 3 atom stereocenters. The minimum Gasteiger partial charge on any atom is -0.330 e. The van der Waals surface area contributed by atoms with Gasteiger partial charge in [-0.3, -0.25) is 0 Å². The van der Waals surface area contributed by atoms with Crippen molar-refractivity contribution in [3.8, 4) is 0 Å². The van der Waals surface area contributed by atoms with E-state index in [1.165, 1.54) is 37.1 Å². The maximum absolute atomic E-state index is 5.87. The van der Waals surface area contributed by atoms with Crippen LogP contribution in [0, 0.1) is 11.8 Å². The minimum atomic E-state index is 0.627. The second kappa shape index (κ2) is 6.69. The van der Waals surface area contributed by atoms with E-state index in [1.807, 2.05) is 11.3 Å². The Hall–Kier alpha value is -0.380. The van der Waals surface area contributed by atoms with Gasteiger partial charge < -0.3 is 10.6 Å². The topological polar surface area (TPSA) is 29.3 Å². The van der Waals surface area contributed by atoms with Gasteiger partial charge in [-0.2, -0.15) is 0 Å². The monoisotopic (exact) mass is 266 g/mol. The third kappa shape index (κ3) is 3.56. The zero-order valence-corrected chi connectivity index (χ0v) is 12.5. The van der Waals surface area contributed by atoms with Crippen molar-refractivity contribution in [2.75, 3.05) is 20.1 Å². The smallest absolute Gasteiger partial charge is 0.0112 e. The van der Waals surface area contributed by atoms with Gasteiger partial charge in [-0.15, -0.1) is 11.3 Å². The Morgan fingerprint density at radius 3 is 2.89 bits per heavy atom. The molecule has 1 saturated carbocycles. The van der Waals surface area contributed by atoms with E-state index in [1.54, 1.807) is 0 Å². The highest BCUT2D eigenvalue weighted by atomic mass is 32.1. The summed E-state index contributed by atoms with van der Waals surface area (Å²) in [4.78, 5) is 4.02. The highest BCUT2D eigenvalue weighted by Gasteiger charge is 2.27. The van der Waals surface area contributed by atoms with Gasteiger partial charge in [-0.25, -0.2) is 0 Å². The van der Waals surface area contributed by atoms with Crippen molar-refractivity contribution < 1.29 is 0 Å². The Morgan fingerprint density at radius 1 is 1.44 bits per heavy atom. The van der Waals surface area contributed by atoms with Gasteiger partial charge in [0.1, 0.15) is 0 Å². The van der Waals surface area contributed by atoms with E-state index in [4.69, 9.17) is 5.73 Å². The number of thiophene rings is 1. The average Bonchev–Trinajstić information content (AvgIpc) is 2.99. The molecule has 1 aromatic heterocycles. The molecule has 2 rings (SSSR count). The SMILES string of the molecule is CC(Cc1cccs1)N(C)CC1CCCC1CN. The summed E-state index contributed by atoms with van der Waals surface area (Å²) >= 11 is 1.87. The van der Waals surface area contributed by atoms with Crippen LogP contribution >= 0.6 is 11.3 Å². The Bertz CT molecular complexity index is 336. The molecular weight excluding hydrogens is 240 g/mol. The molecule has 18 heavy (non-hydrogen) atoms. The second-order valence-electron chi connectivity index (χ2n) is 5.76. The van der Waals surface area contributed by atoms with Crippen LogP contribution < -0.4 is 5.73 Å². The Labute approximate surface area is 115 Å². The summed E-state index contributed by atoms with van der Waals surface area (Å²) in [5.41, 5.74) is 5.87. The quantitative estimate of drug-likeness (QED) is 0.857. The van der Waals surface area contributed by atoms with Crippen molar-refractivity contribution >= 4 is 11.3 Å².